The van der Waals surface area contributed by atoms with Crippen LogP contribution in [0.2, 0.25) is 0 Å². The van der Waals surface area contributed by atoms with E-state index in [1.54, 1.807) is 27.8 Å². The Bertz CT molecular complexity index is 699. The number of carboxylic acids is 1. The summed E-state index contributed by atoms with van der Waals surface area (Å²) in [4.78, 5) is 26.3. The summed E-state index contributed by atoms with van der Waals surface area (Å²) in [5.41, 5.74) is 0. The molecule has 0 aliphatic rings. The number of amides is 1. The van der Waals surface area contributed by atoms with Crippen molar-refractivity contribution >= 4 is 33.5 Å². The van der Waals surface area contributed by atoms with Gasteiger partial charge in [-0.05, 0) is 22.9 Å². The maximum absolute atomic E-state index is 11.8. The molecular weight excluding hydrogens is 512 g/mol. The van der Waals surface area contributed by atoms with Crippen molar-refractivity contribution in [2.24, 2.45) is 0 Å². The lowest BCUT2D eigenvalue weighted by Gasteiger charge is -2.08. The maximum atomic E-state index is 11.8. The highest BCUT2D eigenvalue weighted by Gasteiger charge is 2.02. The molecule has 204 valence electrons. The summed E-state index contributed by atoms with van der Waals surface area (Å²) in [5.74, 6) is -0.182. The van der Waals surface area contributed by atoms with E-state index >= 15 is 0 Å². The van der Waals surface area contributed by atoms with E-state index in [9.17, 15) is 9.59 Å². The summed E-state index contributed by atoms with van der Waals surface area (Å²) >= 11 is 0. The highest BCUT2D eigenvalue weighted by molar-refractivity contribution is 8.76. The molecule has 11 nitrogen and oxygen atoms in total. The molecule has 1 heterocycles. The fourth-order valence-corrected chi connectivity index (χ4v) is 4.08. The lowest BCUT2D eigenvalue weighted by atomic mass is 10.4. The zero-order valence-electron chi connectivity index (χ0n) is 20.3. The monoisotopic (exact) mass is 548 g/mol. The van der Waals surface area contributed by atoms with Crippen LogP contribution in [0.1, 0.15) is 12.8 Å². The summed E-state index contributed by atoms with van der Waals surface area (Å²) in [6.07, 6.45) is 4.81. The summed E-state index contributed by atoms with van der Waals surface area (Å²) in [5, 5.41) is 12.2. The third-order valence-electron chi connectivity index (χ3n) is 3.91. The summed E-state index contributed by atoms with van der Waals surface area (Å²) in [7, 11) is 3.17. The van der Waals surface area contributed by atoms with E-state index in [1.165, 1.54) is 12.5 Å². The Labute approximate surface area is 220 Å². The molecule has 0 aromatic carbocycles. The van der Waals surface area contributed by atoms with Crippen molar-refractivity contribution in [2.75, 3.05) is 78.4 Å². The average Bonchev–Trinajstić information content (AvgIpc) is 2.88. The van der Waals surface area contributed by atoms with E-state index in [4.69, 9.17) is 33.5 Å². The van der Waals surface area contributed by atoms with Crippen LogP contribution in [-0.4, -0.2) is 100 Å². The standard InChI is InChI=1S/C23H36N2O9S2/c26-21(5-20-35-36-22-3-1-2-6-25-22)24-7-9-30-11-13-32-15-17-34-19-18-33-16-14-31-12-10-29-8-4-23(27)28/h1-3,6,10,12H,4-5,7-9,11,13-20H2,(H,24,26)(H,27,28). The zero-order valence-corrected chi connectivity index (χ0v) is 22.0. The van der Waals surface area contributed by atoms with E-state index in [2.05, 4.69) is 10.3 Å². The number of aliphatic carboxylic acids is 1. The zero-order chi connectivity index (χ0) is 25.9. The lowest BCUT2D eigenvalue weighted by molar-refractivity contribution is -0.137. The van der Waals surface area contributed by atoms with Gasteiger partial charge in [-0.3, -0.25) is 9.59 Å². The van der Waals surface area contributed by atoms with Gasteiger partial charge in [-0.1, -0.05) is 16.9 Å². The fraction of sp³-hybridized carbons (Fsp3) is 0.609. The van der Waals surface area contributed by atoms with Gasteiger partial charge in [0, 0.05) is 24.9 Å². The minimum absolute atomic E-state index is 0.00836. The Hall–Kier alpha value is -2.03. The van der Waals surface area contributed by atoms with Gasteiger partial charge in [0.2, 0.25) is 5.91 Å². The highest BCUT2D eigenvalue weighted by atomic mass is 33.1. The molecule has 0 unspecified atom stereocenters. The van der Waals surface area contributed by atoms with Crippen LogP contribution in [0.15, 0.2) is 41.9 Å². The Kier molecular flexibility index (Phi) is 21.9. The number of hydrogen-bond acceptors (Lipinski definition) is 11. The van der Waals surface area contributed by atoms with Crippen LogP contribution in [0, 0.1) is 0 Å². The number of ether oxygens (including phenoxy) is 6. The molecule has 36 heavy (non-hydrogen) atoms. The number of rotatable bonds is 25. The number of pyridine rings is 1. The molecule has 13 heteroatoms. The number of aromatic nitrogens is 1. The maximum Gasteiger partial charge on any atom is 0.306 e. The smallest absolute Gasteiger partial charge is 0.306 e. The first kappa shape index (κ1) is 32.0. The number of nitrogens with zero attached hydrogens (tertiary/aromatic N) is 1. The van der Waals surface area contributed by atoms with E-state index in [0.717, 1.165) is 10.8 Å². The van der Waals surface area contributed by atoms with Gasteiger partial charge in [0.15, 0.2) is 0 Å². The molecule has 0 bridgehead atoms. The molecule has 0 spiro atoms. The third kappa shape index (κ3) is 22.4. The SMILES string of the molecule is O=C(O)CCOC=COCCOCCOCCOCCOCCNC(=O)CCSSc1ccccn1. The van der Waals surface area contributed by atoms with Crippen LogP contribution in [0.25, 0.3) is 0 Å². The van der Waals surface area contributed by atoms with Gasteiger partial charge in [-0.2, -0.15) is 0 Å². The van der Waals surface area contributed by atoms with Crippen LogP contribution in [0.3, 0.4) is 0 Å². The molecule has 0 radical (unpaired) electrons. The molecule has 1 amide bonds. The van der Waals surface area contributed by atoms with Gasteiger partial charge in [0.05, 0.1) is 65.9 Å². The molecule has 0 aliphatic carbocycles. The van der Waals surface area contributed by atoms with E-state index in [0.29, 0.717) is 72.4 Å². The fourth-order valence-electron chi connectivity index (χ4n) is 2.21. The number of hydrogen-bond donors (Lipinski definition) is 2. The number of nitrogens with one attached hydrogen (secondary N) is 1. The van der Waals surface area contributed by atoms with Crippen molar-refractivity contribution in [2.45, 2.75) is 17.9 Å². The molecule has 0 saturated carbocycles. The quantitative estimate of drug-likeness (QED) is 0.105. The molecule has 1 aromatic heterocycles. The molecule has 0 saturated heterocycles. The number of carbonyl (C=O) groups is 2. The summed E-state index contributed by atoms with van der Waals surface area (Å²) in [6.45, 7) is 4.51. The molecule has 0 fully saturated rings. The first-order valence-corrected chi connectivity index (χ1v) is 13.9. The predicted octanol–water partition coefficient (Wildman–Crippen LogP) is 2.37. The average molecular weight is 549 g/mol. The minimum atomic E-state index is -0.909. The second-order valence-electron chi connectivity index (χ2n) is 6.78. The van der Waals surface area contributed by atoms with E-state index in [-0.39, 0.29) is 18.9 Å². The molecule has 1 rings (SSSR count). The van der Waals surface area contributed by atoms with Crippen LogP contribution in [-0.2, 0) is 38.0 Å². The van der Waals surface area contributed by atoms with Crippen molar-refractivity contribution in [3.63, 3.8) is 0 Å². The molecular formula is C23H36N2O9S2. The van der Waals surface area contributed by atoms with Gasteiger partial charge < -0.3 is 38.8 Å². The minimum Gasteiger partial charge on any atom is -0.497 e. The van der Waals surface area contributed by atoms with Crippen molar-refractivity contribution in [3.8, 4) is 0 Å². The Morgan fingerprint density at radius 1 is 0.833 bits per heavy atom. The topological polar surface area (TPSA) is 135 Å². The third-order valence-corrected chi connectivity index (χ3v) is 6.17. The first-order valence-electron chi connectivity index (χ1n) is 11.6. The molecule has 0 atom stereocenters. The lowest BCUT2D eigenvalue weighted by Crippen LogP contribution is -2.27. The summed E-state index contributed by atoms with van der Waals surface area (Å²) in [6, 6.07) is 5.75. The first-order chi connectivity index (χ1) is 17.7. The van der Waals surface area contributed by atoms with Gasteiger partial charge >= 0.3 is 5.97 Å². The van der Waals surface area contributed by atoms with Gasteiger partial charge in [0.1, 0.15) is 24.2 Å². The van der Waals surface area contributed by atoms with Gasteiger partial charge in [0.25, 0.3) is 0 Å². The second-order valence-corrected chi connectivity index (χ2v) is 9.22. The predicted molar refractivity (Wildman–Crippen MR) is 137 cm³/mol. The second kappa shape index (κ2) is 24.7. The van der Waals surface area contributed by atoms with Crippen LogP contribution in [0.5, 0.6) is 0 Å². The summed E-state index contributed by atoms with van der Waals surface area (Å²) < 4.78 is 31.6. The van der Waals surface area contributed by atoms with Crippen molar-refractivity contribution < 1.29 is 43.1 Å². The van der Waals surface area contributed by atoms with Crippen LogP contribution < -0.4 is 5.32 Å². The van der Waals surface area contributed by atoms with Crippen LogP contribution in [0.4, 0.5) is 0 Å². The van der Waals surface area contributed by atoms with Crippen molar-refractivity contribution in [3.05, 3.63) is 36.9 Å². The molecule has 2 N–H and O–H groups in total. The van der Waals surface area contributed by atoms with Crippen molar-refractivity contribution in [1.29, 1.82) is 0 Å². The molecule has 1 aromatic rings. The number of carbonyl (C=O) groups excluding carboxylic acids is 1. The Morgan fingerprint density at radius 2 is 1.44 bits per heavy atom. The highest BCUT2D eigenvalue weighted by Crippen LogP contribution is 2.29. The Morgan fingerprint density at radius 3 is 2.06 bits per heavy atom. The van der Waals surface area contributed by atoms with E-state index in [1.807, 2.05) is 18.2 Å². The largest absolute Gasteiger partial charge is 0.497 e. The Balaban J connectivity index is 1.72. The van der Waals surface area contributed by atoms with Gasteiger partial charge in [-0.25, -0.2) is 4.98 Å². The van der Waals surface area contributed by atoms with Crippen molar-refractivity contribution in [1.82, 2.24) is 10.3 Å². The molecule has 0 aliphatic heterocycles. The van der Waals surface area contributed by atoms with Gasteiger partial charge in [-0.15, -0.1) is 0 Å². The van der Waals surface area contributed by atoms with E-state index < -0.39 is 5.97 Å². The normalized spacial score (nSPS) is 11.0. The van der Waals surface area contributed by atoms with Crippen LogP contribution >= 0.6 is 21.6 Å². The number of carboxylic acid groups (broad SMARTS) is 1.